The van der Waals surface area contributed by atoms with Crippen molar-refractivity contribution in [2.24, 2.45) is 5.73 Å². The Morgan fingerprint density at radius 3 is 2.68 bits per heavy atom. The standard InChI is InChI=1S/C14H12BrClN2O/c1-8-3-2-4-10(14(17)18)13(8)19-12-6-5-9(15)7-11(12)16/h2-7H,1H3,(H3,17,18). The molecule has 3 nitrogen and oxygen atoms in total. The maximum absolute atomic E-state index is 7.58. The van der Waals surface area contributed by atoms with Gasteiger partial charge in [0.15, 0.2) is 0 Å². The van der Waals surface area contributed by atoms with Crippen molar-refractivity contribution in [2.45, 2.75) is 6.92 Å². The first-order valence-corrected chi connectivity index (χ1v) is 6.73. The number of benzene rings is 2. The number of aryl methyl sites for hydroxylation is 1. The van der Waals surface area contributed by atoms with Crippen molar-refractivity contribution in [1.82, 2.24) is 0 Å². The molecule has 0 aromatic heterocycles. The van der Waals surface area contributed by atoms with E-state index in [1.165, 1.54) is 0 Å². The van der Waals surface area contributed by atoms with Gasteiger partial charge in [0.05, 0.1) is 10.6 Å². The Labute approximate surface area is 125 Å². The highest BCUT2D eigenvalue weighted by Gasteiger charge is 2.12. The van der Waals surface area contributed by atoms with Crippen LogP contribution in [0.15, 0.2) is 40.9 Å². The molecule has 5 heteroatoms. The molecule has 0 fully saturated rings. The summed E-state index contributed by atoms with van der Waals surface area (Å²) in [7, 11) is 0. The highest BCUT2D eigenvalue weighted by molar-refractivity contribution is 9.10. The summed E-state index contributed by atoms with van der Waals surface area (Å²) in [6.07, 6.45) is 0. The molecule has 2 aromatic carbocycles. The highest BCUT2D eigenvalue weighted by Crippen LogP contribution is 2.34. The topological polar surface area (TPSA) is 59.1 Å². The fraction of sp³-hybridized carbons (Fsp3) is 0.0714. The molecular weight excluding hydrogens is 328 g/mol. The van der Waals surface area contributed by atoms with Gasteiger partial charge in [-0.25, -0.2) is 0 Å². The minimum Gasteiger partial charge on any atom is -0.455 e. The molecule has 0 unspecified atom stereocenters. The predicted octanol–water partition coefficient (Wildman–Crippen LogP) is 4.49. The quantitative estimate of drug-likeness (QED) is 0.639. The zero-order valence-electron chi connectivity index (χ0n) is 10.2. The molecule has 0 heterocycles. The van der Waals surface area contributed by atoms with Gasteiger partial charge in [0, 0.05) is 4.47 Å². The molecule has 0 amide bonds. The summed E-state index contributed by atoms with van der Waals surface area (Å²) in [6, 6.07) is 10.8. The third-order valence-corrected chi connectivity index (χ3v) is 3.40. The van der Waals surface area contributed by atoms with Gasteiger partial charge in [0.2, 0.25) is 0 Å². The third kappa shape index (κ3) is 3.08. The third-order valence-electron chi connectivity index (χ3n) is 2.61. The van der Waals surface area contributed by atoms with Gasteiger partial charge in [-0.1, -0.05) is 39.7 Å². The molecule has 19 heavy (non-hydrogen) atoms. The number of ether oxygens (including phenoxy) is 1. The fourth-order valence-corrected chi connectivity index (χ4v) is 2.38. The van der Waals surface area contributed by atoms with Crippen molar-refractivity contribution in [2.75, 3.05) is 0 Å². The predicted molar refractivity (Wildman–Crippen MR) is 81.4 cm³/mol. The maximum Gasteiger partial charge on any atom is 0.146 e. The first-order chi connectivity index (χ1) is 8.99. The molecule has 0 saturated carbocycles. The number of nitrogens with one attached hydrogen (secondary N) is 1. The van der Waals surface area contributed by atoms with Crippen LogP contribution in [0.2, 0.25) is 5.02 Å². The van der Waals surface area contributed by atoms with Crippen LogP contribution in [0.4, 0.5) is 0 Å². The second-order valence-electron chi connectivity index (χ2n) is 4.04. The molecule has 0 spiro atoms. The van der Waals surface area contributed by atoms with Crippen LogP contribution in [0.1, 0.15) is 11.1 Å². The molecule has 0 aliphatic heterocycles. The Morgan fingerprint density at radius 1 is 1.32 bits per heavy atom. The van der Waals surface area contributed by atoms with Gasteiger partial charge in [0.1, 0.15) is 17.3 Å². The summed E-state index contributed by atoms with van der Waals surface area (Å²) in [4.78, 5) is 0. The van der Waals surface area contributed by atoms with Crippen molar-refractivity contribution < 1.29 is 4.74 Å². The average molecular weight is 340 g/mol. The average Bonchev–Trinajstić information content (AvgIpc) is 2.34. The summed E-state index contributed by atoms with van der Waals surface area (Å²) in [5.74, 6) is 1.05. The Morgan fingerprint density at radius 2 is 2.05 bits per heavy atom. The lowest BCUT2D eigenvalue weighted by atomic mass is 10.1. The van der Waals surface area contributed by atoms with Crippen molar-refractivity contribution in [3.8, 4) is 11.5 Å². The van der Waals surface area contributed by atoms with E-state index in [0.717, 1.165) is 10.0 Å². The van der Waals surface area contributed by atoms with Crippen molar-refractivity contribution in [3.05, 3.63) is 57.0 Å². The van der Waals surface area contributed by atoms with Gasteiger partial charge in [-0.3, -0.25) is 5.41 Å². The molecule has 0 radical (unpaired) electrons. The molecule has 98 valence electrons. The largest absolute Gasteiger partial charge is 0.455 e. The Balaban J connectivity index is 2.46. The van der Waals surface area contributed by atoms with Gasteiger partial charge in [-0.15, -0.1) is 0 Å². The number of hydrogen-bond donors (Lipinski definition) is 2. The minimum absolute atomic E-state index is 0.0352. The van der Waals surface area contributed by atoms with Gasteiger partial charge in [0.25, 0.3) is 0 Å². The first-order valence-electron chi connectivity index (χ1n) is 5.56. The van der Waals surface area contributed by atoms with Crippen LogP contribution < -0.4 is 10.5 Å². The molecule has 0 bridgehead atoms. The second-order valence-corrected chi connectivity index (χ2v) is 5.36. The summed E-state index contributed by atoms with van der Waals surface area (Å²) < 4.78 is 6.69. The number of amidine groups is 1. The van der Waals surface area contributed by atoms with E-state index >= 15 is 0 Å². The summed E-state index contributed by atoms with van der Waals surface area (Å²) in [6.45, 7) is 1.90. The first kappa shape index (κ1) is 13.9. The molecule has 2 aromatic rings. The molecule has 0 atom stereocenters. The van der Waals surface area contributed by atoms with Crippen molar-refractivity contribution >= 4 is 33.4 Å². The van der Waals surface area contributed by atoms with E-state index in [2.05, 4.69) is 15.9 Å². The smallest absolute Gasteiger partial charge is 0.146 e. The van der Waals surface area contributed by atoms with Gasteiger partial charge >= 0.3 is 0 Å². The Kier molecular flexibility index (Phi) is 4.12. The van der Waals surface area contributed by atoms with Crippen LogP contribution in [0.25, 0.3) is 0 Å². The molecule has 0 saturated heterocycles. The number of rotatable bonds is 3. The van der Waals surface area contributed by atoms with Crippen LogP contribution in [0.5, 0.6) is 11.5 Å². The number of hydrogen-bond acceptors (Lipinski definition) is 2. The SMILES string of the molecule is Cc1cccc(C(=N)N)c1Oc1ccc(Br)cc1Cl. The lowest BCUT2D eigenvalue weighted by molar-refractivity contribution is 0.478. The summed E-state index contributed by atoms with van der Waals surface area (Å²) >= 11 is 9.46. The molecule has 0 aliphatic rings. The zero-order valence-corrected chi connectivity index (χ0v) is 12.5. The van der Waals surface area contributed by atoms with E-state index in [-0.39, 0.29) is 5.84 Å². The lowest BCUT2D eigenvalue weighted by Crippen LogP contribution is -2.12. The monoisotopic (exact) mass is 338 g/mol. The number of nitrogens with two attached hydrogens (primary N) is 1. The van der Waals surface area contributed by atoms with Crippen LogP contribution in [-0.4, -0.2) is 5.84 Å². The summed E-state index contributed by atoms with van der Waals surface area (Å²) in [5.41, 5.74) is 7.01. The zero-order chi connectivity index (χ0) is 14.0. The van der Waals surface area contributed by atoms with E-state index in [0.29, 0.717) is 22.1 Å². The second kappa shape index (κ2) is 5.63. The summed E-state index contributed by atoms with van der Waals surface area (Å²) in [5, 5.41) is 8.08. The van der Waals surface area contributed by atoms with E-state index in [1.807, 2.05) is 25.1 Å². The van der Waals surface area contributed by atoms with Crippen molar-refractivity contribution in [1.29, 1.82) is 5.41 Å². The van der Waals surface area contributed by atoms with Crippen LogP contribution in [0, 0.1) is 12.3 Å². The van der Waals surface area contributed by atoms with E-state index in [1.54, 1.807) is 18.2 Å². The van der Waals surface area contributed by atoms with Gasteiger partial charge in [-0.05, 0) is 36.8 Å². The van der Waals surface area contributed by atoms with E-state index < -0.39 is 0 Å². The van der Waals surface area contributed by atoms with Gasteiger partial charge in [-0.2, -0.15) is 0 Å². The number of para-hydroxylation sites is 1. The van der Waals surface area contributed by atoms with Crippen LogP contribution >= 0.6 is 27.5 Å². The highest BCUT2D eigenvalue weighted by atomic mass is 79.9. The van der Waals surface area contributed by atoms with Gasteiger partial charge < -0.3 is 10.5 Å². The maximum atomic E-state index is 7.58. The van der Waals surface area contributed by atoms with E-state index in [9.17, 15) is 0 Å². The molecule has 0 aliphatic carbocycles. The van der Waals surface area contributed by atoms with Crippen molar-refractivity contribution in [3.63, 3.8) is 0 Å². The normalized spacial score (nSPS) is 10.3. The van der Waals surface area contributed by atoms with Crippen LogP contribution in [0.3, 0.4) is 0 Å². The van der Waals surface area contributed by atoms with Crippen LogP contribution in [-0.2, 0) is 0 Å². The Bertz CT molecular complexity index is 643. The minimum atomic E-state index is -0.0352. The molecule has 2 rings (SSSR count). The molecule has 3 N–H and O–H groups in total. The molecular formula is C14H12BrClN2O. The van der Waals surface area contributed by atoms with E-state index in [4.69, 9.17) is 27.5 Å². The lowest BCUT2D eigenvalue weighted by Gasteiger charge is -2.14. The fourth-order valence-electron chi connectivity index (χ4n) is 1.67. The number of nitrogen functional groups attached to an aromatic ring is 1. The number of halogens is 2. The Hall–Kier alpha value is -1.52.